The highest BCUT2D eigenvalue weighted by atomic mass is 32.1. The number of amides is 1. The Balaban J connectivity index is 2.19. The van der Waals surface area contributed by atoms with Crippen LogP contribution < -0.4 is 0 Å². The summed E-state index contributed by atoms with van der Waals surface area (Å²) in [4.78, 5) is 28.5. The number of esters is 1. The number of rotatable bonds is 7. The van der Waals surface area contributed by atoms with Crippen LogP contribution in [0.4, 0.5) is 0 Å². The number of carbonyl (C=O) groups is 2. The Kier molecular flexibility index (Phi) is 6.68. The summed E-state index contributed by atoms with van der Waals surface area (Å²) in [6, 6.07) is 1.92. The Morgan fingerprint density at radius 1 is 1.15 bits per heavy atom. The first-order valence-electron chi connectivity index (χ1n) is 9.53. The molecular formula is C20H31N3O3S. The van der Waals surface area contributed by atoms with Gasteiger partial charge in [0, 0.05) is 24.0 Å². The monoisotopic (exact) mass is 393 g/mol. The summed E-state index contributed by atoms with van der Waals surface area (Å²) < 4.78 is 7.44. The molecular weight excluding hydrogens is 362 g/mol. The van der Waals surface area contributed by atoms with E-state index in [0.29, 0.717) is 10.8 Å². The second-order valence-electron chi connectivity index (χ2n) is 7.97. The molecule has 0 bridgehead atoms. The normalized spacial score (nSPS) is 13.0. The number of fused-ring (bicyclic) bond motifs is 1. The molecule has 0 radical (unpaired) electrons. The van der Waals surface area contributed by atoms with Crippen LogP contribution in [0.2, 0.25) is 0 Å². The Labute approximate surface area is 165 Å². The zero-order valence-electron chi connectivity index (χ0n) is 17.6. The molecule has 1 amide bonds. The van der Waals surface area contributed by atoms with Crippen molar-refractivity contribution in [3.63, 3.8) is 0 Å². The fraction of sp³-hybridized carbons (Fsp3) is 0.650. The molecule has 0 spiro atoms. The Morgan fingerprint density at radius 2 is 1.74 bits per heavy atom. The lowest BCUT2D eigenvalue weighted by atomic mass is 10.2. The lowest BCUT2D eigenvalue weighted by molar-refractivity contribution is -0.143. The van der Waals surface area contributed by atoms with E-state index >= 15 is 0 Å². The first-order valence-corrected chi connectivity index (χ1v) is 10.3. The van der Waals surface area contributed by atoms with Crippen molar-refractivity contribution in [2.75, 3.05) is 0 Å². The smallest absolute Gasteiger partial charge is 0.349 e. The van der Waals surface area contributed by atoms with E-state index in [-0.39, 0.29) is 18.0 Å². The maximum Gasteiger partial charge on any atom is 0.349 e. The minimum Gasteiger partial charge on any atom is -0.448 e. The molecule has 0 saturated carbocycles. The molecule has 27 heavy (non-hydrogen) atoms. The second kappa shape index (κ2) is 8.42. The summed E-state index contributed by atoms with van der Waals surface area (Å²) in [5.74, 6) is -0.169. The van der Waals surface area contributed by atoms with Crippen LogP contribution in [0.15, 0.2) is 6.07 Å². The summed E-state index contributed by atoms with van der Waals surface area (Å²) in [6.07, 6.45) is -0.819. The number of carbonyl (C=O) groups excluding carboxylic acids is 2. The maximum atomic E-state index is 12.7. The minimum absolute atomic E-state index is 0.0487. The van der Waals surface area contributed by atoms with E-state index in [9.17, 15) is 9.59 Å². The molecule has 150 valence electrons. The molecule has 0 saturated heterocycles. The molecule has 0 aliphatic heterocycles. The number of ether oxygens (including phenoxy) is 1. The van der Waals surface area contributed by atoms with Crippen molar-refractivity contribution >= 4 is 33.4 Å². The van der Waals surface area contributed by atoms with E-state index in [1.807, 2.05) is 45.4 Å². The van der Waals surface area contributed by atoms with E-state index in [1.165, 1.54) is 11.3 Å². The quantitative estimate of drug-likeness (QED) is 0.660. The highest BCUT2D eigenvalue weighted by Gasteiger charge is 2.28. The number of hydrogen-bond acceptors (Lipinski definition) is 5. The first-order chi connectivity index (χ1) is 12.5. The second-order valence-corrected chi connectivity index (χ2v) is 9.00. The van der Waals surface area contributed by atoms with Gasteiger partial charge in [0.05, 0.1) is 5.69 Å². The zero-order valence-corrected chi connectivity index (χ0v) is 18.4. The maximum absolute atomic E-state index is 12.7. The molecule has 1 unspecified atom stereocenters. The lowest BCUT2D eigenvalue weighted by Gasteiger charge is -2.32. The van der Waals surface area contributed by atoms with Crippen molar-refractivity contribution in [2.45, 2.75) is 80.1 Å². The van der Waals surface area contributed by atoms with Gasteiger partial charge in [0.15, 0.2) is 6.10 Å². The van der Waals surface area contributed by atoms with Crippen molar-refractivity contribution in [3.8, 4) is 0 Å². The minimum atomic E-state index is -0.819. The van der Waals surface area contributed by atoms with Gasteiger partial charge < -0.3 is 9.64 Å². The van der Waals surface area contributed by atoms with Crippen LogP contribution in [0, 0.1) is 12.8 Å². The number of nitrogens with zero attached hydrogens (tertiary/aromatic N) is 3. The Hall–Kier alpha value is -1.89. The molecule has 2 heterocycles. The zero-order chi connectivity index (χ0) is 20.5. The number of thiophene rings is 1. The van der Waals surface area contributed by atoms with Crippen LogP contribution >= 0.6 is 11.3 Å². The third-order valence-electron chi connectivity index (χ3n) is 4.35. The van der Waals surface area contributed by atoms with Gasteiger partial charge in [0.1, 0.15) is 9.71 Å². The molecule has 0 N–H and O–H groups in total. The van der Waals surface area contributed by atoms with Crippen LogP contribution in [0.5, 0.6) is 0 Å². The van der Waals surface area contributed by atoms with Gasteiger partial charge >= 0.3 is 5.97 Å². The van der Waals surface area contributed by atoms with E-state index < -0.39 is 12.1 Å². The van der Waals surface area contributed by atoms with Gasteiger partial charge in [-0.3, -0.25) is 9.48 Å². The number of aromatic nitrogens is 2. The molecule has 2 aromatic rings. The molecule has 2 rings (SSSR count). The SMILES string of the molecule is Cc1nn(CC(C)C)c2sc(C(=O)OC(C)C(=O)N(C(C)C)C(C)C)cc12. The van der Waals surface area contributed by atoms with Gasteiger partial charge in [0.2, 0.25) is 0 Å². The van der Waals surface area contributed by atoms with Crippen molar-refractivity contribution in [1.29, 1.82) is 0 Å². The van der Waals surface area contributed by atoms with Crippen molar-refractivity contribution < 1.29 is 14.3 Å². The van der Waals surface area contributed by atoms with Crippen LogP contribution in [0.25, 0.3) is 10.2 Å². The Morgan fingerprint density at radius 3 is 2.26 bits per heavy atom. The molecule has 0 aromatic carbocycles. The fourth-order valence-electron chi connectivity index (χ4n) is 3.27. The summed E-state index contributed by atoms with van der Waals surface area (Å²) in [6.45, 7) is 16.5. The van der Waals surface area contributed by atoms with Crippen LogP contribution in [-0.2, 0) is 16.1 Å². The van der Waals surface area contributed by atoms with Gasteiger partial charge in [-0.15, -0.1) is 11.3 Å². The summed E-state index contributed by atoms with van der Waals surface area (Å²) in [7, 11) is 0. The van der Waals surface area contributed by atoms with E-state index in [1.54, 1.807) is 11.8 Å². The molecule has 0 fully saturated rings. The number of aryl methyl sites for hydroxylation is 1. The Bertz CT molecular complexity index is 812. The third-order valence-corrected chi connectivity index (χ3v) is 5.47. The van der Waals surface area contributed by atoms with E-state index in [4.69, 9.17) is 4.74 Å². The van der Waals surface area contributed by atoms with E-state index in [2.05, 4.69) is 18.9 Å². The van der Waals surface area contributed by atoms with Gasteiger partial charge in [0.25, 0.3) is 5.91 Å². The fourth-order valence-corrected chi connectivity index (χ4v) is 4.32. The predicted molar refractivity (Wildman–Crippen MR) is 109 cm³/mol. The van der Waals surface area contributed by atoms with Crippen molar-refractivity contribution in [3.05, 3.63) is 16.6 Å². The largest absolute Gasteiger partial charge is 0.448 e. The van der Waals surface area contributed by atoms with Gasteiger partial charge in [-0.25, -0.2) is 4.79 Å². The molecule has 1 atom stereocenters. The standard InChI is InChI=1S/C20H31N3O3S/c1-11(2)10-22-19-16(14(7)21-22)9-17(27-19)20(25)26-15(8)18(24)23(12(3)4)13(5)6/h9,11-13,15H,10H2,1-8H3. The molecule has 0 aliphatic rings. The topological polar surface area (TPSA) is 64.4 Å². The van der Waals surface area contributed by atoms with Gasteiger partial charge in [-0.2, -0.15) is 5.10 Å². The van der Waals surface area contributed by atoms with Crippen molar-refractivity contribution in [1.82, 2.24) is 14.7 Å². The van der Waals surface area contributed by atoms with Gasteiger partial charge in [-0.05, 0) is 53.5 Å². The summed E-state index contributed by atoms with van der Waals surface area (Å²) >= 11 is 1.37. The third kappa shape index (κ3) is 4.69. The summed E-state index contributed by atoms with van der Waals surface area (Å²) in [5.41, 5.74) is 0.899. The number of hydrogen-bond donors (Lipinski definition) is 0. The lowest BCUT2D eigenvalue weighted by Crippen LogP contribution is -2.47. The molecule has 0 aliphatic carbocycles. The van der Waals surface area contributed by atoms with Gasteiger partial charge in [-0.1, -0.05) is 13.8 Å². The molecule has 6 nitrogen and oxygen atoms in total. The summed E-state index contributed by atoms with van der Waals surface area (Å²) in [5, 5.41) is 5.53. The van der Waals surface area contributed by atoms with E-state index in [0.717, 1.165) is 22.5 Å². The highest BCUT2D eigenvalue weighted by Crippen LogP contribution is 2.29. The van der Waals surface area contributed by atoms with Crippen LogP contribution in [0.1, 0.15) is 63.8 Å². The predicted octanol–water partition coefficient (Wildman–Crippen LogP) is 4.25. The average molecular weight is 394 g/mol. The molecule has 2 aromatic heterocycles. The van der Waals surface area contributed by atoms with Crippen LogP contribution in [-0.4, -0.2) is 44.7 Å². The first kappa shape index (κ1) is 21.4. The molecule has 7 heteroatoms. The highest BCUT2D eigenvalue weighted by molar-refractivity contribution is 7.20. The van der Waals surface area contributed by atoms with Crippen LogP contribution in [0.3, 0.4) is 0 Å². The average Bonchev–Trinajstić information content (AvgIpc) is 3.08. The van der Waals surface area contributed by atoms with Crippen molar-refractivity contribution in [2.24, 2.45) is 5.92 Å².